The summed E-state index contributed by atoms with van der Waals surface area (Å²) in [4.78, 5) is 12.2. The fourth-order valence-corrected chi connectivity index (χ4v) is 2.79. The van der Waals surface area contributed by atoms with Crippen LogP contribution in [0.25, 0.3) is 0 Å². The van der Waals surface area contributed by atoms with Crippen molar-refractivity contribution in [2.75, 3.05) is 0 Å². The Morgan fingerprint density at radius 2 is 1.64 bits per heavy atom. The predicted octanol–water partition coefficient (Wildman–Crippen LogP) is 2.43. The first-order valence-electron chi connectivity index (χ1n) is 6.46. The molecular weight excluding hydrogens is 415 g/mol. The number of amides is 1. The van der Waals surface area contributed by atoms with E-state index in [0.29, 0.717) is 5.56 Å². The van der Waals surface area contributed by atoms with Crippen molar-refractivity contribution in [3.63, 3.8) is 0 Å². The highest BCUT2D eigenvalue weighted by Crippen LogP contribution is 2.16. The maximum absolute atomic E-state index is 12.1. The van der Waals surface area contributed by atoms with Gasteiger partial charge in [-0.05, 0) is 71.5 Å². The summed E-state index contributed by atoms with van der Waals surface area (Å²) in [5.74, 6) is -0.181. The van der Waals surface area contributed by atoms with Gasteiger partial charge in [-0.3, -0.25) is 4.79 Å². The molecule has 0 saturated carbocycles. The third-order valence-corrected chi connectivity index (χ3v) is 4.81. The summed E-state index contributed by atoms with van der Waals surface area (Å²) in [5, 5.41) is 7.92. The molecule has 0 saturated heterocycles. The minimum absolute atomic E-state index is 0.0485. The van der Waals surface area contributed by atoms with Crippen LogP contribution < -0.4 is 10.5 Å². The number of hydrogen-bond acceptors (Lipinski definition) is 3. The van der Waals surface area contributed by atoms with Gasteiger partial charge >= 0.3 is 0 Å². The zero-order valence-corrected chi connectivity index (χ0v) is 14.8. The Hall–Kier alpha value is -1.45. The van der Waals surface area contributed by atoms with E-state index in [1.807, 2.05) is 19.1 Å². The Balaban J connectivity index is 2.10. The normalized spacial score (nSPS) is 12.7. The van der Waals surface area contributed by atoms with Gasteiger partial charge in [0.2, 0.25) is 10.0 Å². The maximum atomic E-state index is 12.1. The molecule has 5 nitrogen and oxygen atoms in total. The van der Waals surface area contributed by atoms with Crippen LogP contribution in [0.1, 0.15) is 28.9 Å². The van der Waals surface area contributed by atoms with Crippen molar-refractivity contribution in [1.29, 1.82) is 0 Å². The molecule has 1 amide bonds. The highest BCUT2D eigenvalue weighted by Gasteiger charge is 2.13. The molecule has 0 aliphatic rings. The molecule has 0 unspecified atom stereocenters. The summed E-state index contributed by atoms with van der Waals surface area (Å²) < 4.78 is 23.5. The zero-order chi connectivity index (χ0) is 16.3. The van der Waals surface area contributed by atoms with E-state index in [0.717, 1.165) is 9.13 Å². The van der Waals surface area contributed by atoms with Gasteiger partial charge in [0.25, 0.3) is 5.91 Å². The molecule has 0 aliphatic carbocycles. The van der Waals surface area contributed by atoms with E-state index in [2.05, 4.69) is 27.9 Å². The van der Waals surface area contributed by atoms with Crippen molar-refractivity contribution in [2.45, 2.75) is 17.9 Å². The van der Waals surface area contributed by atoms with Crippen LogP contribution in [0.2, 0.25) is 0 Å². The fraction of sp³-hybridized carbons (Fsp3) is 0.133. The van der Waals surface area contributed by atoms with Crippen molar-refractivity contribution in [3.05, 3.63) is 63.2 Å². The number of nitrogens with two attached hydrogens (primary N) is 1. The van der Waals surface area contributed by atoms with Crippen molar-refractivity contribution in [3.8, 4) is 0 Å². The maximum Gasteiger partial charge on any atom is 0.251 e. The van der Waals surface area contributed by atoms with Gasteiger partial charge in [-0.2, -0.15) is 0 Å². The number of primary sulfonamides is 1. The zero-order valence-electron chi connectivity index (χ0n) is 11.8. The summed E-state index contributed by atoms with van der Waals surface area (Å²) in [6, 6.07) is 13.1. The molecule has 2 rings (SSSR count). The van der Waals surface area contributed by atoms with Gasteiger partial charge in [-0.15, -0.1) is 0 Å². The van der Waals surface area contributed by atoms with Crippen LogP contribution in [0.3, 0.4) is 0 Å². The largest absolute Gasteiger partial charge is 0.346 e. The van der Waals surface area contributed by atoms with Gasteiger partial charge in [0, 0.05) is 9.13 Å². The quantitative estimate of drug-likeness (QED) is 0.731. The second-order valence-electron chi connectivity index (χ2n) is 4.82. The average molecular weight is 430 g/mol. The molecular formula is C15H15IN2O3S. The molecule has 7 heteroatoms. The summed E-state index contributed by atoms with van der Waals surface area (Å²) in [7, 11) is -3.70. The van der Waals surface area contributed by atoms with E-state index in [9.17, 15) is 13.2 Å². The van der Waals surface area contributed by atoms with Gasteiger partial charge in [0.1, 0.15) is 0 Å². The van der Waals surface area contributed by atoms with Crippen LogP contribution >= 0.6 is 22.6 Å². The molecule has 0 bridgehead atoms. The summed E-state index contributed by atoms with van der Waals surface area (Å²) in [6.45, 7) is 1.83. The smallest absolute Gasteiger partial charge is 0.251 e. The standard InChI is InChI=1S/C15H15IN2O3S/c1-10(11-4-8-14(9-5-11)22(17,20)21)18-15(19)12-2-6-13(16)7-3-12/h2-10H,1H3,(H,18,19)(H2,17,20,21)/t10-/m0/s1. The highest BCUT2D eigenvalue weighted by atomic mass is 127. The lowest BCUT2D eigenvalue weighted by Gasteiger charge is -2.15. The summed E-state index contributed by atoms with van der Waals surface area (Å²) in [6.07, 6.45) is 0. The number of carbonyl (C=O) groups is 1. The molecule has 2 aromatic rings. The molecule has 3 N–H and O–H groups in total. The lowest BCUT2D eigenvalue weighted by Crippen LogP contribution is -2.26. The van der Waals surface area contributed by atoms with Crippen LogP contribution in [0.15, 0.2) is 53.4 Å². The number of rotatable bonds is 4. The SMILES string of the molecule is C[C@H](NC(=O)c1ccc(I)cc1)c1ccc(S(N)(=O)=O)cc1. The second-order valence-corrected chi connectivity index (χ2v) is 7.62. The third-order valence-electron chi connectivity index (χ3n) is 3.16. The number of hydrogen-bond donors (Lipinski definition) is 2. The monoisotopic (exact) mass is 430 g/mol. The number of halogens is 1. The van der Waals surface area contributed by atoms with Gasteiger partial charge in [-0.25, -0.2) is 13.6 Å². The summed E-state index contributed by atoms with van der Waals surface area (Å²) >= 11 is 2.17. The number of benzene rings is 2. The lowest BCUT2D eigenvalue weighted by atomic mass is 10.1. The average Bonchev–Trinajstić information content (AvgIpc) is 2.47. The van der Waals surface area contributed by atoms with Gasteiger partial charge in [0.05, 0.1) is 10.9 Å². The second kappa shape index (κ2) is 6.76. The van der Waals surface area contributed by atoms with Crippen LogP contribution in [-0.2, 0) is 10.0 Å². The van der Waals surface area contributed by atoms with E-state index < -0.39 is 10.0 Å². The Bertz CT molecular complexity index is 771. The van der Waals surface area contributed by atoms with Crippen molar-refractivity contribution in [1.82, 2.24) is 5.32 Å². The Kier molecular flexibility index (Phi) is 5.20. The number of nitrogens with one attached hydrogen (secondary N) is 1. The molecule has 1 atom stereocenters. The fourth-order valence-electron chi connectivity index (χ4n) is 1.91. The Labute approximate surface area is 143 Å². The molecule has 0 heterocycles. The van der Waals surface area contributed by atoms with Crippen molar-refractivity contribution >= 4 is 38.5 Å². The van der Waals surface area contributed by atoms with Crippen molar-refractivity contribution < 1.29 is 13.2 Å². The van der Waals surface area contributed by atoms with E-state index in [4.69, 9.17) is 5.14 Å². The van der Waals surface area contributed by atoms with E-state index >= 15 is 0 Å². The topological polar surface area (TPSA) is 89.3 Å². The molecule has 0 fully saturated rings. The van der Waals surface area contributed by atoms with Crippen LogP contribution in [0.4, 0.5) is 0 Å². The van der Waals surface area contributed by atoms with E-state index in [1.54, 1.807) is 24.3 Å². The van der Waals surface area contributed by atoms with Gasteiger partial charge in [-0.1, -0.05) is 12.1 Å². The van der Waals surface area contributed by atoms with Crippen LogP contribution in [0, 0.1) is 3.57 Å². The molecule has 0 aromatic heterocycles. The molecule has 2 aromatic carbocycles. The Morgan fingerprint density at radius 3 is 2.14 bits per heavy atom. The number of sulfonamides is 1. The summed E-state index contributed by atoms with van der Waals surface area (Å²) in [5.41, 5.74) is 1.37. The number of carbonyl (C=O) groups excluding carboxylic acids is 1. The molecule has 0 spiro atoms. The van der Waals surface area contributed by atoms with Gasteiger partial charge < -0.3 is 5.32 Å². The van der Waals surface area contributed by atoms with Crippen LogP contribution in [-0.4, -0.2) is 14.3 Å². The predicted molar refractivity (Wildman–Crippen MR) is 92.9 cm³/mol. The van der Waals surface area contributed by atoms with Gasteiger partial charge in [0.15, 0.2) is 0 Å². The first-order valence-corrected chi connectivity index (χ1v) is 9.09. The van der Waals surface area contributed by atoms with E-state index in [1.165, 1.54) is 12.1 Å². The first-order chi connectivity index (χ1) is 10.3. The highest BCUT2D eigenvalue weighted by molar-refractivity contribution is 14.1. The molecule has 0 radical (unpaired) electrons. The Morgan fingerprint density at radius 1 is 1.09 bits per heavy atom. The molecule has 0 aliphatic heterocycles. The van der Waals surface area contributed by atoms with Crippen LogP contribution in [0.5, 0.6) is 0 Å². The third kappa shape index (κ3) is 4.28. The minimum atomic E-state index is -3.70. The van der Waals surface area contributed by atoms with Crippen molar-refractivity contribution in [2.24, 2.45) is 5.14 Å². The first kappa shape index (κ1) is 16.9. The molecule has 22 heavy (non-hydrogen) atoms. The van der Waals surface area contributed by atoms with E-state index in [-0.39, 0.29) is 16.8 Å². The lowest BCUT2D eigenvalue weighted by molar-refractivity contribution is 0.0940. The molecule has 116 valence electrons. The minimum Gasteiger partial charge on any atom is -0.346 e.